The van der Waals surface area contributed by atoms with Crippen LogP contribution in [0.4, 0.5) is 0 Å². The molecule has 1 aromatic carbocycles. The number of piperazine rings is 1. The monoisotopic (exact) mass is 349 g/mol. The molecule has 2 rings (SSSR count). The number of carbonyl (C=O) groups excluding carboxylic acids is 2. The number of hydrogen-bond donors (Lipinski definition) is 1. The Morgan fingerprint density at radius 1 is 1.29 bits per heavy atom. The molecule has 0 bridgehead atoms. The smallest absolute Gasteiger partial charge is 0.237 e. The van der Waals surface area contributed by atoms with Gasteiger partial charge in [-0.05, 0) is 18.6 Å². The number of rotatable bonds is 6. The minimum atomic E-state index is -0.203. The molecule has 1 aromatic rings. The highest BCUT2D eigenvalue weighted by molar-refractivity contribution is 6.31. The molecule has 24 heavy (non-hydrogen) atoms. The van der Waals surface area contributed by atoms with E-state index in [9.17, 15) is 9.59 Å². The molecular weight excluding hydrogens is 326 g/mol. The number of amides is 2. The molecule has 1 N–H and O–H groups in total. The summed E-state index contributed by atoms with van der Waals surface area (Å²) in [5.41, 5.74) is 0.851. The van der Waals surface area contributed by atoms with E-state index in [4.69, 9.17) is 11.6 Å². The summed E-state index contributed by atoms with van der Waals surface area (Å²) < 4.78 is 0. The first-order valence-corrected chi connectivity index (χ1v) is 8.54. The summed E-state index contributed by atoms with van der Waals surface area (Å²) in [7, 11) is 0. The van der Waals surface area contributed by atoms with Gasteiger partial charge in [0, 0.05) is 37.7 Å². The Hall–Kier alpha value is -1.85. The zero-order chi connectivity index (χ0) is 17.5. The van der Waals surface area contributed by atoms with E-state index >= 15 is 0 Å². The predicted molar refractivity (Wildman–Crippen MR) is 96.0 cm³/mol. The van der Waals surface area contributed by atoms with Gasteiger partial charge in [-0.3, -0.25) is 14.5 Å². The normalized spacial score (nSPS) is 16.5. The molecule has 130 valence electrons. The lowest BCUT2D eigenvalue weighted by molar-refractivity contribution is -0.133. The average molecular weight is 350 g/mol. The maximum Gasteiger partial charge on any atom is 0.237 e. The van der Waals surface area contributed by atoms with E-state index < -0.39 is 0 Å². The number of nitrogens with one attached hydrogen (secondary N) is 1. The second-order valence-electron chi connectivity index (χ2n) is 5.89. The van der Waals surface area contributed by atoms with Crippen molar-refractivity contribution in [3.8, 4) is 0 Å². The second-order valence-corrected chi connectivity index (χ2v) is 6.30. The lowest BCUT2D eigenvalue weighted by atomic mass is 10.1. The third-order valence-electron chi connectivity index (χ3n) is 4.31. The van der Waals surface area contributed by atoms with Gasteiger partial charge in [-0.15, -0.1) is 6.58 Å². The van der Waals surface area contributed by atoms with Gasteiger partial charge in [0.25, 0.3) is 0 Å². The fraction of sp³-hybridized carbons (Fsp3) is 0.444. The number of carbonyl (C=O) groups is 2. The maximum atomic E-state index is 12.4. The van der Waals surface area contributed by atoms with Crippen molar-refractivity contribution in [2.75, 3.05) is 32.7 Å². The summed E-state index contributed by atoms with van der Waals surface area (Å²) in [6.45, 7) is 8.59. The molecule has 2 amide bonds. The molecule has 1 saturated heterocycles. The predicted octanol–water partition coefficient (Wildman–Crippen LogP) is 1.72. The van der Waals surface area contributed by atoms with Crippen molar-refractivity contribution in [1.29, 1.82) is 0 Å². The summed E-state index contributed by atoms with van der Waals surface area (Å²) in [4.78, 5) is 28.4. The molecule has 0 radical (unpaired) electrons. The summed E-state index contributed by atoms with van der Waals surface area (Å²) in [6.07, 6.45) is 1.98. The lowest BCUT2D eigenvalue weighted by Crippen LogP contribution is -2.55. The van der Waals surface area contributed by atoms with Crippen LogP contribution in [-0.2, 0) is 16.0 Å². The van der Waals surface area contributed by atoms with Crippen molar-refractivity contribution in [2.45, 2.75) is 19.4 Å². The fourth-order valence-corrected chi connectivity index (χ4v) is 2.96. The lowest BCUT2D eigenvalue weighted by Gasteiger charge is -2.37. The Bertz CT molecular complexity index is 598. The number of hydrogen-bond acceptors (Lipinski definition) is 3. The number of benzene rings is 1. The molecular formula is C18H24ClN3O2. The number of halogens is 1. The van der Waals surface area contributed by atoms with Crippen LogP contribution in [0, 0.1) is 0 Å². The Morgan fingerprint density at radius 3 is 2.58 bits per heavy atom. The molecule has 0 spiro atoms. The van der Waals surface area contributed by atoms with Crippen LogP contribution in [0.25, 0.3) is 0 Å². The quantitative estimate of drug-likeness (QED) is 0.796. The van der Waals surface area contributed by atoms with Crippen molar-refractivity contribution in [3.05, 3.63) is 47.5 Å². The van der Waals surface area contributed by atoms with Gasteiger partial charge in [-0.1, -0.05) is 35.9 Å². The van der Waals surface area contributed by atoms with E-state index in [1.165, 1.54) is 0 Å². The molecule has 0 aromatic heterocycles. The molecule has 1 atom stereocenters. The Morgan fingerprint density at radius 2 is 1.96 bits per heavy atom. The Labute approximate surface area is 148 Å². The van der Waals surface area contributed by atoms with E-state index in [2.05, 4.69) is 16.8 Å². The second kappa shape index (κ2) is 8.85. The first-order chi connectivity index (χ1) is 11.5. The van der Waals surface area contributed by atoms with Gasteiger partial charge < -0.3 is 10.2 Å². The van der Waals surface area contributed by atoms with Crippen LogP contribution in [-0.4, -0.2) is 60.4 Å². The van der Waals surface area contributed by atoms with Crippen LogP contribution in [0.1, 0.15) is 12.5 Å². The van der Waals surface area contributed by atoms with Crippen LogP contribution in [0.5, 0.6) is 0 Å². The summed E-state index contributed by atoms with van der Waals surface area (Å²) in [5.74, 6) is 0.0669. The molecule has 6 heteroatoms. The highest BCUT2D eigenvalue weighted by atomic mass is 35.5. The molecule has 0 aliphatic carbocycles. The van der Waals surface area contributed by atoms with Gasteiger partial charge in [0.1, 0.15) is 0 Å². The van der Waals surface area contributed by atoms with Gasteiger partial charge in [0.15, 0.2) is 0 Å². The highest BCUT2D eigenvalue weighted by Gasteiger charge is 2.27. The molecule has 1 aliphatic rings. The van der Waals surface area contributed by atoms with E-state index in [-0.39, 0.29) is 17.9 Å². The summed E-state index contributed by atoms with van der Waals surface area (Å²) >= 11 is 6.12. The molecule has 0 unspecified atom stereocenters. The van der Waals surface area contributed by atoms with Crippen LogP contribution in [0.15, 0.2) is 36.9 Å². The Kier molecular flexibility index (Phi) is 6.82. The van der Waals surface area contributed by atoms with Crippen molar-refractivity contribution in [3.63, 3.8) is 0 Å². The van der Waals surface area contributed by atoms with E-state index in [1.54, 1.807) is 12.1 Å². The molecule has 0 saturated carbocycles. The summed E-state index contributed by atoms with van der Waals surface area (Å²) in [5, 5.41) is 3.43. The molecule has 1 fully saturated rings. The van der Waals surface area contributed by atoms with E-state index in [0.29, 0.717) is 44.2 Å². The zero-order valence-corrected chi connectivity index (χ0v) is 14.8. The summed E-state index contributed by atoms with van der Waals surface area (Å²) in [6, 6.07) is 7.21. The standard InChI is InChI=1S/C18H24ClN3O2/c1-3-8-20-18(24)14(2)21-9-11-22(12-10-21)17(23)13-15-6-4-5-7-16(15)19/h3-7,14H,1,8-13H2,2H3,(H,20,24)/t14-/m0/s1. The maximum absolute atomic E-state index is 12.4. The van der Waals surface area contributed by atoms with Crippen molar-refractivity contribution in [2.24, 2.45) is 0 Å². The van der Waals surface area contributed by atoms with Gasteiger partial charge in [-0.2, -0.15) is 0 Å². The topological polar surface area (TPSA) is 52.7 Å². The van der Waals surface area contributed by atoms with Gasteiger partial charge >= 0.3 is 0 Å². The van der Waals surface area contributed by atoms with Crippen molar-refractivity contribution in [1.82, 2.24) is 15.1 Å². The molecule has 1 heterocycles. The number of nitrogens with zero attached hydrogens (tertiary/aromatic N) is 2. The zero-order valence-electron chi connectivity index (χ0n) is 14.0. The SMILES string of the molecule is C=CCNC(=O)[C@H](C)N1CCN(C(=O)Cc2ccccc2Cl)CC1. The van der Waals surface area contributed by atoms with Crippen LogP contribution in [0.3, 0.4) is 0 Å². The van der Waals surface area contributed by atoms with Crippen molar-refractivity contribution < 1.29 is 9.59 Å². The first kappa shape index (κ1) is 18.5. The fourth-order valence-electron chi connectivity index (χ4n) is 2.76. The largest absolute Gasteiger partial charge is 0.351 e. The molecule has 1 aliphatic heterocycles. The minimum Gasteiger partial charge on any atom is -0.351 e. The highest BCUT2D eigenvalue weighted by Crippen LogP contribution is 2.17. The van der Waals surface area contributed by atoms with Crippen LogP contribution < -0.4 is 5.32 Å². The Balaban J connectivity index is 1.83. The minimum absolute atomic E-state index is 0.00857. The van der Waals surface area contributed by atoms with Crippen molar-refractivity contribution >= 4 is 23.4 Å². The van der Waals surface area contributed by atoms with E-state index in [1.807, 2.05) is 30.0 Å². The third-order valence-corrected chi connectivity index (χ3v) is 4.68. The average Bonchev–Trinajstić information content (AvgIpc) is 2.61. The van der Waals surface area contributed by atoms with E-state index in [0.717, 1.165) is 5.56 Å². The van der Waals surface area contributed by atoms with Crippen LogP contribution in [0.2, 0.25) is 5.02 Å². The third kappa shape index (κ3) is 4.82. The first-order valence-electron chi connectivity index (χ1n) is 8.16. The van der Waals surface area contributed by atoms with Gasteiger partial charge in [0.05, 0.1) is 12.5 Å². The van der Waals surface area contributed by atoms with Crippen LogP contribution >= 0.6 is 11.6 Å². The van der Waals surface area contributed by atoms with Gasteiger partial charge in [-0.25, -0.2) is 0 Å². The van der Waals surface area contributed by atoms with Gasteiger partial charge in [0.2, 0.25) is 11.8 Å². The molecule has 5 nitrogen and oxygen atoms in total.